The molecule has 4 nitrogen and oxygen atoms in total. The summed E-state index contributed by atoms with van der Waals surface area (Å²) < 4.78 is 2.39. The smallest absolute Gasteiger partial charge is 0.155 e. The van der Waals surface area contributed by atoms with Crippen LogP contribution in [0.2, 0.25) is 0 Å². The third-order valence-electron chi connectivity index (χ3n) is 6.25. The summed E-state index contributed by atoms with van der Waals surface area (Å²) in [6.07, 6.45) is 9.30. The maximum Gasteiger partial charge on any atom is 0.155 e. The number of fused-ring (bicyclic) bond motifs is 2. The lowest BCUT2D eigenvalue weighted by Crippen LogP contribution is -2.15. The Bertz CT molecular complexity index is 1240. The first-order valence-corrected chi connectivity index (χ1v) is 11.5. The van der Waals surface area contributed by atoms with Gasteiger partial charge in [0, 0.05) is 52.2 Å². The highest BCUT2D eigenvalue weighted by atomic mass is 16.1. The number of benzene rings is 2. The van der Waals surface area contributed by atoms with Crippen LogP contribution in [0.4, 0.5) is 0 Å². The molecule has 2 aromatic carbocycles. The van der Waals surface area contributed by atoms with Gasteiger partial charge in [-0.3, -0.25) is 4.79 Å². The monoisotopic (exact) mass is 427 g/mol. The summed E-state index contributed by atoms with van der Waals surface area (Å²) in [5.41, 5.74) is 6.08. The summed E-state index contributed by atoms with van der Waals surface area (Å²) in [4.78, 5) is 18.1. The maximum absolute atomic E-state index is 12.6. The minimum atomic E-state index is 0.189. The van der Waals surface area contributed by atoms with Crippen molar-refractivity contribution < 1.29 is 4.79 Å². The van der Waals surface area contributed by atoms with E-state index in [1.54, 1.807) is 6.08 Å². The zero-order valence-electron chi connectivity index (χ0n) is 19.4. The van der Waals surface area contributed by atoms with E-state index in [4.69, 9.17) is 0 Å². The quantitative estimate of drug-likeness (QED) is 0.316. The van der Waals surface area contributed by atoms with Crippen LogP contribution in [0, 0.1) is 6.92 Å². The van der Waals surface area contributed by atoms with Crippen molar-refractivity contribution in [3.63, 3.8) is 0 Å². The lowest BCUT2D eigenvalue weighted by atomic mass is 10.0. The van der Waals surface area contributed by atoms with Gasteiger partial charge in [0.2, 0.25) is 0 Å². The molecule has 0 saturated heterocycles. The van der Waals surface area contributed by atoms with Crippen molar-refractivity contribution in [1.82, 2.24) is 14.5 Å². The number of rotatable bonds is 10. The molecule has 2 aromatic heterocycles. The Balaban J connectivity index is 1.42. The van der Waals surface area contributed by atoms with Gasteiger partial charge in [-0.05, 0) is 76.7 Å². The van der Waals surface area contributed by atoms with Crippen LogP contribution in [0.5, 0.6) is 0 Å². The Hall–Kier alpha value is -3.11. The largest absolute Gasteiger partial charge is 0.361 e. The van der Waals surface area contributed by atoms with E-state index < -0.39 is 0 Å². The Morgan fingerprint density at radius 2 is 1.78 bits per heavy atom. The molecule has 0 radical (unpaired) electrons. The summed E-state index contributed by atoms with van der Waals surface area (Å²) in [6.45, 7) is 4.21. The second kappa shape index (κ2) is 10.0. The number of hydrogen-bond donors (Lipinski definition) is 1. The number of aryl methyl sites for hydroxylation is 2. The molecular formula is C28H33N3O. The highest BCUT2D eigenvalue weighted by Crippen LogP contribution is 2.27. The zero-order valence-corrected chi connectivity index (χ0v) is 19.4. The second-order valence-corrected chi connectivity index (χ2v) is 8.84. The molecule has 2 heterocycles. The van der Waals surface area contributed by atoms with Crippen LogP contribution in [-0.2, 0) is 17.8 Å². The van der Waals surface area contributed by atoms with Gasteiger partial charge in [-0.2, -0.15) is 0 Å². The molecule has 0 atom stereocenters. The van der Waals surface area contributed by atoms with Gasteiger partial charge < -0.3 is 14.5 Å². The highest BCUT2D eigenvalue weighted by Gasteiger charge is 2.12. The van der Waals surface area contributed by atoms with E-state index in [1.807, 2.05) is 12.1 Å². The molecule has 0 fully saturated rings. The minimum absolute atomic E-state index is 0.189. The van der Waals surface area contributed by atoms with E-state index in [2.05, 4.69) is 84.1 Å². The molecule has 0 aliphatic carbocycles. The number of carbonyl (C=O) groups is 1. The number of aromatic nitrogens is 2. The first kappa shape index (κ1) is 22.1. The summed E-state index contributed by atoms with van der Waals surface area (Å²) in [5.74, 6) is 0.189. The van der Waals surface area contributed by atoms with E-state index in [9.17, 15) is 4.79 Å². The molecular weight excluding hydrogens is 394 g/mol. The van der Waals surface area contributed by atoms with Crippen molar-refractivity contribution in [2.24, 2.45) is 0 Å². The highest BCUT2D eigenvalue weighted by molar-refractivity contribution is 5.98. The number of ketones is 1. The van der Waals surface area contributed by atoms with Crippen LogP contribution in [0.25, 0.3) is 27.9 Å². The average molecular weight is 428 g/mol. The molecule has 32 heavy (non-hydrogen) atoms. The van der Waals surface area contributed by atoms with Gasteiger partial charge in [0.05, 0.1) is 0 Å². The third kappa shape index (κ3) is 4.86. The minimum Gasteiger partial charge on any atom is -0.361 e. The van der Waals surface area contributed by atoms with Gasteiger partial charge in [-0.15, -0.1) is 0 Å². The predicted octanol–water partition coefficient (Wildman–Crippen LogP) is 5.99. The van der Waals surface area contributed by atoms with Gasteiger partial charge in [0.1, 0.15) is 0 Å². The standard InChI is InChI=1S/C28H33N3O/c1-21-24(26-13-5-7-15-28(26)31(21)19-9-18-30(2)3)17-16-23(32)11-8-10-22-20-29-27-14-6-4-12-25(22)27/h4-7,12-17,20,29H,8-11,18-19H2,1-3H3/b17-16+. The van der Waals surface area contributed by atoms with E-state index in [0.29, 0.717) is 6.42 Å². The van der Waals surface area contributed by atoms with Gasteiger partial charge in [-0.1, -0.05) is 36.4 Å². The van der Waals surface area contributed by atoms with Crippen LogP contribution in [-0.4, -0.2) is 40.9 Å². The Labute approximate surface area is 190 Å². The average Bonchev–Trinajstić information content (AvgIpc) is 3.31. The van der Waals surface area contributed by atoms with Crippen LogP contribution >= 0.6 is 0 Å². The third-order valence-corrected chi connectivity index (χ3v) is 6.25. The molecule has 166 valence electrons. The van der Waals surface area contributed by atoms with Crippen LogP contribution < -0.4 is 0 Å². The Morgan fingerprint density at radius 1 is 1.03 bits per heavy atom. The normalized spacial score (nSPS) is 12.0. The van der Waals surface area contributed by atoms with E-state index in [1.165, 1.54) is 27.5 Å². The summed E-state index contributed by atoms with van der Waals surface area (Å²) in [7, 11) is 4.22. The van der Waals surface area contributed by atoms with E-state index >= 15 is 0 Å². The van der Waals surface area contributed by atoms with Gasteiger partial charge in [0.25, 0.3) is 0 Å². The van der Waals surface area contributed by atoms with Crippen molar-refractivity contribution in [2.75, 3.05) is 20.6 Å². The van der Waals surface area contributed by atoms with E-state index in [0.717, 1.165) is 43.4 Å². The molecule has 1 N–H and O–H groups in total. The lowest BCUT2D eigenvalue weighted by molar-refractivity contribution is -0.114. The Morgan fingerprint density at radius 3 is 2.59 bits per heavy atom. The number of carbonyl (C=O) groups excluding carboxylic acids is 1. The van der Waals surface area contributed by atoms with E-state index in [-0.39, 0.29) is 5.78 Å². The van der Waals surface area contributed by atoms with Gasteiger partial charge >= 0.3 is 0 Å². The van der Waals surface area contributed by atoms with Crippen molar-refractivity contribution in [2.45, 2.75) is 39.2 Å². The van der Waals surface area contributed by atoms with Crippen LogP contribution in [0.15, 0.2) is 60.8 Å². The summed E-state index contributed by atoms with van der Waals surface area (Å²) in [5, 5.41) is 2.48. The van der Waals surface area contributed by atoms with Crippen LogP contribution in [0.3, 0.4) is 0 Å². The summed E-state index contributed by atoms with van der Waals surface area (Å²) >= 11 is 0. The molecule has 0 unspecified atom stereocenters. The molecule has 0 aliphatic rings. The lowest BCUT2D eigenvalue weighted by Gasteiger charge is -2.12. The Kier molecular flexibility index (Phi) is 6.91. The van der Waals surface area contributed by atoms with Gasteiger partial charge in [-0.25, -0.2) is 0 Å². The fourth-order valence-electron chi connectivity index (χ4n) is 4.55. The maximum atomic E-state index is 12.6. The van der Waals surface area contributed by atoms with Crippen LogP contribution in [0.1, 0.15) is 36.1 Å². The second-order valence-electron chi connectivity index (χ2n) is 8.84. The molecule has 0 amide bonds. The first-order chi connectivity index (χ1) is 15.5. The van der Waals surface area contributed by atoms with Crippen molar-refractivity contribution in [3.05, 3.63) is 77.6 Å². The molecule has 4 rings (SSSR count). The van der Waals surface area contributed by atoms with Gasteiger partial charge in [0.15, 0.2) is 5.78 Å². The molecule has 0 saturated carbocycles. The van der Waals surface area contributed by atoms with Crippen molar-refractivity contribution >= 4 is 33.7 Å². The molecule has 0 bridgehead atoms. The number of aromatic amines is 1. The van der Waals surface area contributed by atoms with Crippen molar-refractivity contribution in [3.8, 4) is 0 Å². The number of nitrogens with zero attached hydrogens (tertiary/aromatic N) is 2. The number of nitrogens with one attached hydrogen (secondary N) is 1. The number of H-pyrrole nitrogens is 1. The number of hydrogen-bond acceptors (Lipinski definition) is 2. The van der Waals surface area contributed by atoms with Crippen molar-refractivity contribution in [1.29, 1.82) is 0 Å². The molecule has 0 aliphatic heterocycles. The topological polar surface area (TPSA) is 41.0 Å². The molecule has 4 aromatic rings. The zero-order chi connectivity index (χ0) is 22.5. The number of allylic oxidation sites excluding steroid dienone is 1. The fourth-order valence-corrected chi connectivity index (χ4v) is 4.55. The predicted molar refractivity (Wildman–Crippen MR) is 135 cm³/mol. The fraction of sp³-hybridized carbons (Fsp3) is 0.321. The summed E-state index contributed by atoms with van der Waals surface area (Å²) in [6, 6.07) is 16.8. The molecule has 0 spiro atoms. The SMILES string of the molecule is Cc1c(/C=C/C(=O)CCCc2c[nH]c3ccccc23)c2ccccc2n1CCCN(C)C. The number of para-hydroxylation sites is 2. The molecule has 4 heteroatoms. The first-order valence-electron chi connectivity index (χ1n) is 11.5.